The molecule has 0 heterocycles. The van der Waals surface area contributed by atoms with Crippen molar-refractivity contribution in [3.05, 3.63) is 48.6 Å². The van der Waals surface area contributed by atoms with Crippen LogP contribution in [0.1, 0.15) is 12.0 Å². The van der Waals surface area contributed by atoms with Crippen molar-refractivity contribution >= 4 is 7.12 Å². The Hall–Kier alpha value is -1.10. The first-order chi connectivity index (χ1) is 6.61. The van der Waals surface area contributed by atoms with E-state index in [1.54, 1.807) is 18.2 Å². The standard InChI is InChI=1S/C10H14BNO2/c1-2-8-10(12,11(13)14)9-6-4-3-5-7-9/h2-7,13-14H,1,8,12H2. The predicted molar refractivity (Wildman–Crippen MR) is 57.3 cm³/mol. The largest absolute Gasteiger partial charge is 0.477 e. The molecule has 74 valence electrons. The van der Waals surface area contributed by atoms with Crippen LogP contribution in [0.5, 0.6) is 0 Å². The fourth-order valence-electron chi connectivity index (χ4n) is 1.36. The van der Waals surface area contributed by atoms with Gasteiger partial charge in [0.25, 0.3) is 0 Å². The van der Waals surface area contributed by atoms with E-state index in [-0.39, 0.29) is 0 Å². The highest BCUT2D eigenvalue weighted by molar-refractivity contribution is 6.45. The number of rotatable bonds is 4. The minimum absolute atomic E-state index is 0.314. The average Bonchev–Trinajstić information content (AvgIpc) is 2.19. The Balaban J connectivity index is 3.05. The fourth-order valence-corrected chi connectivity index (χ4v) is 1.36. The van der Waals surface area contributed by atoms with E-state index < -0.39 is 12.6 Å². The SMILES string of the molecule is C=CCC(N)(B(O)O)c1ccccc1. The monoisotopic (exact) mass is 191 g/mol. The quantitative estimate of drug-likeness (QED) is 0.477. The maximum absolute atomic E-state index is 9.24. The molecule has 0 aliphatic heterocycles. The minimum Gasteiger partial charge on any atom is -0.426 e. The predicted octanol–water partition coefficient (Wildman–Crippen LogP) is 0.429. The molecule has 14 heavy (non-hydrogen) atoms. The summed E-state index contributed by atoms with van der Waals surface area (Å²) in [6.07, 6.45) is 1.89. The maximum atomic E-state index is 9.24. The zero-order valence-electron chi connectivity index (χ0n) is 7.93. The molecule has 1 rings (SSSR count). The molecule has 1 atom stereocenters. The Kier molecular flexibility index (Phi) is 3.46. The van der Waals surface area contributed by atoms with Gasteiger partial charge in [0.05, 0.1) is 5.44 Å². The molecule has 0 saturated heterocycles. The summed E-state index contributed by atoms with van der Waals surface area (Å²) in [6.45, 7) is 3.55. The van der Waals surface area contributed by atoms with Gasteiger partial charge in [0, 0.05) is 0 Å². The van der Waals surface area contributed by atoms with Crippen LogP contribution in [0, 0.1) is 0 Å². The molecule has 1 unspecified atom stereocenters. The Labute approximate surface area is 84.0 Å². The molecule has 0 amide bonds. The van der Waals surface area contributed by atoms with Gasteiger partial charge in [-0.05, 0) is 12.0 Å². The van der Waals surface area contributed by atoms with Crippen molar-refractivity contribution in [2.24, 2.45) is 5.73 Å². The molecule has 0 fully saturated rings. The molecule has 4 heteroatoms. The van der Waals surface area contributed by atoms with Crippen LogP contribution >= 0.6 is 0 Å². The summed E-state index contributed by atoms with van der Waals surface area (Å²) in [6, 6.07) is 9.00. The first-order valence-electron chi connectivity index (χ1n) is 4.42. The molecule has 0 saturated carbocycles. The van der Waals surface area contributed by atoms with Gasteiger partial charge < -0.3 is 15.8 Å². The van der Waals surface area contributed by atoms with Gasteiger partial charge in [-0.25, -0.2) is 0 Å². The molecule has 0 radical (unpaired) electrons. The van der Waals surface area contributed by atoms with Gasteiger partial charge in [-0.15, -0.1) is 6.58 Å². The Bertz CT molecular complexity index is 302. The second-order valence-corrected chi connectivity index (χ2v) is 3.27. The lowest BCUT2D eigenvalue weighted by atomic mass is 9.60. The number of nitrogens with two attached hydrogens (primary N) is 1. The highest BCUT2D eigenvalue weighted by Crippen LogP contribution is 2.23. The topological polar surface area (TPSA) is 66.5 Å². The molecule has 0 aliphatic rings. The van der Waals surface area contributed by atoms with Crippen molar-refractivity contribution in [1.29, 1.82) is 0 Å². The zero-order valence-corrected chi connectivity index (χ0v) is 7.93. The number of hydrogen-bond donors (Lipinski definition) is 3. The van der Waals surface area contributed by atoms with Crippen molar-refractivity contribution in [3.63, 3.8) is 0 Å². The van der Waals surface area contributed by atoms with Crippen LogP contribution in [0.3, 0.4) is 0 Å². The van der Waals surface area contributed by atoms with Crippen LogP contribution < -0.4 is 5.73 Å². The Morgan fingerprint density at radius 3 is 2.36 bits per heavy atom. The molecule has 1 aromatic carbocycles. The van der Waals surface area contributed by atoms with Crippen LogP contribution in [0.15, 0.2) is 43.0 Å². The van der Waals surface area contributed by atoms with Gasteiger partial charge in [-0.3, -0.25) is 0 Å². The summed E-state index contributed by atoms with van der Waals surface area (Å²) in [5, 5.41) is 18.5. The van der Waals surface area contributed by atoms with Gasteiger partial charge in [-0.2, -0.15) is 0 Å². The number of hydrogen-bond acceptors (Lipinski definition) is 3. The van der Waals surface area contributed by atoms with Gasteiger partial charge in [0.2, 0.25) is 0 Å². The lowest BCUT2D eigenvalue weighted by Gasteiger charge is -2.27. The molecule has 3 nitrogen and oxygen atoms in total. The maximum Gasteiger partial charge on any atom is 0.477 e. The molecule has 1 aromatic rings. The highest BCUT2D eigenvalue weighted by atomic mass is 16.4. The number of benzene rings is 1. The molecule has 0 bridgehead atoms. The summed E-state index contributed by atoms with van der Waals surface area (Å²) < 4.78 is 0. The summed E-state index contributed by atoms with van der Waals surface area (Å²) in [7, 11) is -1.59. The second kappa shape index (κ2) is 4.42. The van der Waals surface area contributed by atoms with Gasteiger partial charge in [0.1, 0.15) is 0 Å². The molecular formula is C10H14BNO2. The molecule has 0 aliphatic carbocycles. The Morgan fingerprint density at radius 2 is 1.93 bits per heavy atom. The molecule has 4 N–H and O–H groups in total. The fraction of sp³-hybridized carbons (Fsp3) is 0.200. The van der Waals surface area contributed by atoms with Crippen molar-refractivity contribution in [3.8, 4) is 0 Å². The van der Waals surface area contributed by atoms with Crippen LogP contribution in [0.2, 0.25) is 0 Å². The van der Waals surface area contributed by atoms with E-state index in [0.29, 0.717) is 12.0 Å². The lowest BCUT2D eigenvalue weighted by Crippen LogP contribution is -2.51. The average molecular weight is 191 g/mol. The molecular weight excluding hydrogens is 177 g/mol. The first kappa shape index (κ1) is 11.0. The van der Waals surface area contributed by atoms with Gasteiger partial charge >= 0.3 is 7.12 Å². The van der Waals surface area contributed by atoms with Gasteiger partial charge in [-0.1, -0.05) is 36.4 Å². The lowest BCUT2D eigenvalue weighted by molar-refractivity contribution is 0.343. The van der Waals surface area contributed by atoms with E-state index in [1.807, 2.05) is 18.2 Å². The van der Waals surface area contributed by atoms with Crippen molar-refractivity contribution in [2.75, 3.05) is 0 Å². The summed E-state index contributed by atoms with van der Waals surface area (Å²) >= 11 is 0. The van der Waals surface area contributed by atoms with Crippen LogP contribution in [-0.4, -0.2) is 17.2 Å². The third kappa shape index (κ3) is 2.04. The van der Waals surface area contributed by atoms with E-state index in [0.717, 1.165) is 0 Å². The summed E-state index contributed by atoms with van der Waals surface area (Å²) in [5.74, 6) is 0. The van der Waals surface area contributed by atoms with E-state index in [4.69, 9.17) is 5.73 Å². The van der Waals surface area contributed by atoms with Gasteiger partial charge in [0.15, 0.2) is 0 Å². The van der Waals surface area contributed by atoms with E-state index >= 15 is 0 Å². The van der Waals surface area contributed by atoms with Crippen molar-refractivity contribution in [1.82, 2.24) is 0 Å². The van der Waals surface area contributed by atoms with E-state index in [1.165, 1.54) is 0 Å². The van der Waals surface area contributed by atoms with E-state index in [9.17, 15) is 10.0 Å². The van der Waals surface area contributed by atoms with Crippen molar-refractivity contribution in [2.45, 2.75) is 11.9 Å². The Morgan fingerprint density at radius 1 is 1.36 bits per heavy atom. The highest BCUT2D eigenvalue weighted by Gasteiger charge is 2.38. The smallest absolute Gasteiger partial charge is 0.426 e. The van der Waals surface area contributed by atoms with Crippen LogP contribution in [0.4, 0.5) is 0 Å². The normalized spacial score (nSPS) is 14.5. The zero-order chi connectivity index (χ0) is 10.6. The van der Waals surface area contributed by atoms with Crippen LogP contribution in [0.25, 0.3) is 0 Å². The first-order valence-corrected chi connectivity index (χ1v) is 4.42. The molecule has 0 aromatic heterocycles. The summed E-state index contributed by atoms with van der Waals surface area (Å²) in [5.41, 5.74) is 5.43. The van der Waals surface area contributed by atoms with Crippen LogP contribution in [-0.2, 0) is 5.44 Å². The third-order valence-corrected chi connectivity index (χ3v) is 2.25. The van der Waals surface area contributed by atoms with Crippen molar-refractivity contribution < 1.29 is 10.0 Å². The summed E-state index contributed by atoms with van der Waals surface area (Å²) in [4.78, 5) is 0. The second-order valence-electron chi connectivity index (χ2n) is 3.27. The minimum atomic E-state index is -1.59. The van der Waals surface area contributed by atoms with E-state index in [2.05, 4.69) is 6.58 Å². The third-order valence-electron chi connectivity index (χ3n) is 2.25. The molecule has 0 spiro atoms.